The molecule has 0 aromatic carbocycles. The highest BCUT2D eigenvalue weighted by Gasteiger charge is 2.10. The molecule has 0 unspecified atom stereocenters. The smallest absolute Gasteiger partial charge is 0.290 e. The van der Waals surface area contributed by atoms with Crippen LogP contribution in [0.4, 0.5) is 0 Å². The van der Waals surface area contributed by atoms with Gasteiger partial charge in [-0.15, -0.1) is 0 Å². The van der Waals surface area contributed by atoms with Crippen molar-refractivity contribution in [2.45, 2.75) is 13.5 Å². The van der Waals surface area contributed by atoms with E-state index in [2.05, 4.69) is 20.4 Å². The molecule has 0 spiro atoms. The van der Waals surface area contributed by atoms with Crippen molar-refractivity contribution in [2.24, 2.45) is 0 Å². The van der Waals surface area contributed by atoms with Crippen LogP contribution in [0.5, 0.6) is 0 Å². The van der Waals surface area contributed by atoms with Gasteiger partial charge in [0.2, 0.25) is 5.76 Å². The van der Waals surface area contributed by atoms with Crippen molar-refractivity contribution in [3.05, 3.63) is 35.7 Å². The van der Waals surface area contributed by atoms with Gasteiger partial charge in [0.25, 0.3) is 5.91 Å². The molecule has 0 fully saturated rings. The zero-order valence-electron chi connectivity index (χ0n) is 8.15. The molecule has 0 saturated carbocycles. The number of hydrogen-bond acceptors (Lipinski definition) is 4. The maximum Gasteiger partial charge on any atom is 0.290 e. The highest BCUT2D eigenvalue weighted by Crippen LogP contribution is 2.02. The first-order valence-corrected chi connectivity index (χ1v) is 4.44. The van der Waals surface area contributed by atoms with Gasteiger partial charge < -0.3 is 14.8 Å². The Labute approximate surface area is 85.7 Å². The molecule has 2 aromatic heterocycles. The van der Waals surface area contributed by atoms with Crippen molar-refractivity contribution in [1.29, 1.82) is 0 Å². The molecule has 0 aliphatic carbocycles. The second kappa shape index (κ2) is 3.95. The first kappa shape index (κ1) is 9.45. The van der Waals surface area contributed by atoms with Crippen molar-refractivity contribution < 1.29 is 9.32 Å². The summed E-state index contributed by atoms with van der Waals surface area (Å²) in [6.07, 6.45) is 3.20. The van der Waals surface area contributed by atoms with Gasteiger partial charge >= 0.3 is 0 Å². The van der Waals surface area contributed by atoms with Crippen LogP contribution in [0.2, 0.25) is 0 Å². The van der Waals surface area contributed by atoms with E-state index in [9.17, 15) is 4.79 Å². The minimum atomic E-state index is -0.287. The standard InChI is InChI=1S/C9H10N4O2/c1-6-2-8(15-13-6)9(14)11-4-7-3-10-5-12-7/h2-3,5H,4H2,1H3,(H,10,12)(H,11,14). The number of rotatable bonds is 3. The summed E-state index contributed by atoms with van der Waals surface area (Å²) in [5.41, 5.74) is 1.52. The lowest BCUT2D eigenvalue weighted by Gasteiger charge is -1.98. The molecule has 2 rings (SSSR count). The lowest BCUT2D eigenvalue weighted by Crippen LogP contribution is -2.22. The monoisotopic (exact) mass is 206 g/mol. The first-order chi connectivity index (χ1) is 7.25. The molecule has 6 nitrogen and oxygen atoms in total. The molecule has 0 aliphatic rings. The zero-order valence-corrected chi connectivity index (χ0v) is 8.15. The van der Waals surface area contributed by atoms with E-state index >= 15 is 0 Å². The first-order valence-electron chi connectivity index (χ1n) is 4.44. The predicted molar refractivity (Wildman–Crippen MR) is 51.0 cm³/mol. The normalized spacial score (nSPS) is 10.2. The average molecular weight is 206 g/mol. The van der Waals surface area contributed by atoms with E-state index in [0.29, 0.717) is 12.2 Å². The maximum atomic E-state index is 11.5. The fourth-order valence-corrected chi connectivity index (χ4v) is 1.11. The lowest BCUT2D eigenvalue weighted by atomic mass is 10.3. The number of carbonyl (C=O) groups excluding carboxylic acids is 1. The van der Waals surface area contributed by atoms with Gasteiger partial charge in [-0.3, -0.25) is 4.79 Å². The number of H-pyrrole nitrogens is 1. The van der Waals surface area contributed by atoms with Crippen LogP contribution in [0, 0.1) is 6.92 Å². The Morgan fingerprint density at radius 2 is 2.53 bits per heavy atom. The molecular formula is C9H10N4O2. The molecular weight excluding hydrogens is 196 g/mol. The van der Waals surface area contributed by atoms with Gasteiger partial charge in [0.05, 0.1) is 24.3 Å². The fourth-order valence-electron chi connectivity index (χ4n) is 1.11. The number of aromatic nitrogens is 3. The summed E-state index contributed by atoms with van der Waals surface area (Å²) < 4.78 is 4.81. The van der Waals surface area contributed by atoms with E-state index in [1.54, 1.807) is 25.5 Å². The topological polar surface area (TPSA) is 83.8 Å². The molecule has 0 saturated heterocycles. The lowest BCUT2D eigenvalue weighted by molar-refractivity contribution is 0.0913. The number of aryl methyl sites for hydroxylation is 1. The van der Waals surface area contributed by atoms with E-state index in [-0.39, 0.29) is 11.7 Å². The third-order valence-electron chi connectivity index (χ3n) is 1.85. The summed E-state index contributed by atoms with van der Waals surface area (Å²) in [6.45, 7) is 2.15. The van der Waals surface area contributed by atoms with E-state index in [1.807, 2.05) is 0 Å². The molecule has 15 heavy (non-hydrogen) atoms. The number of carbonyl (C=O) groups is 1. The minimum Gasteiger partial charge on any atom is -0.351 e. The van der Waals surface area contributed by atoms with Gasteiger partial charge in [-0.2, -0.15) is 0 Å². The van der Waals surface area contributed by atoms with Gasteiger partial charge in [0, 0.05) is 12.3 Å². The van der Waals surface area contributed by atoms with Crippen molar-refractivity contribution in [1.82, 2.24) is 20.4 Å². The summed E-state index contributed by atoms with van der Waals surface area (Å²) in [7, 11) is 0. The van der Waals surface area contributed by atoms with Crippen LogP contribution in [-0.4, -0.2) is 21.0 Å². The van der Waals surface area contributed by atoms with E-state index < -0.39 is 0 Å². The zero-order chi connectivity index (χ0) is 10.7. The van der Waals surface area contributed by atoms with Crippen molar-refractivity contribution >= 4 is 5.91 Å². The Balaban J connectivity index is 1.93. The third kappa shape index (κ3) is 2.22. The quantitative estimate of drug-likeness (QED) is 0.771. The Morgan fingerprint density at radius 3 is 3.13 bits per heavy atom. The minimum absolute atomic E-state index is 0.215. The number of amides is 1. The number of imidazole rings is 1. The Bertz CT molecular complexity index is 446. The third-order valence-corrected chi connectivity index (χ3v) is 1.85. The van der Waals surface area contributed by atoms with Crippen LogP contribution in [0.1, 0.15) is 21.9 Å². The Morgan fingerprint density at radius 1 is 1.67 bits per heavy atom. The number of aromatic amines is 1. The fraction of sp³-hybridized carbons (Fsp3) is 0.222. The summed E-state index contributed by atoms with van der Waals surface area (Å²) in [6, 6.07) is 1.59. The molecule has 0 aliphatic heterocycles. The van der Waals surface area contributed by atoms with Gasteiger partial charge in [-0.05, 0) is 6.92 Å². The van der Waals surface area contributed by atoms with Crippen LogP contribution < -0.4 is 5.32 Å². The molecule has 2 N–H and O–H groups in total. The molecule has 2 aromatic rings. The highest BCUT2D eigenvalue weighted by atomic mass is 16.5. The van der Waals surface area contributed by atoms with E-state index in [4.69, 9.17) is 4.52 Å². The van der Waals surface area contributed by atoms with Gasteiger partial charge in [0.1, 0.15) is 0 Å². The van der Waals surface area contributed by atoms with Crippen LogP contribution in [0.15, 0.2) is 23.1 Å². The molecule has 0 radical (unpaired) electrons. The van der Waals surface area contributed by atoms with E-state index in [1.165, 1.54) is 0 Å². The second-order valence-corrected chi connectivity index (χ2v) is 3.09. The number of nitrogens with one attached hydrogen (secondary N) is 2. The van der Waals surface area contributed by atoms with E-state index in [0.717, 1.165) is 5.69 Å². The van der Waals surface area contributed by atoms with Crippen LogP contribution in [-0.2, 0) is 6.54 Å². The Hall–Kier alpha value is -2.11. The SMILES string of the molecule is Cc1cc(C(=O)NCc2cnc[nH]2)on1. The molecule has 78 valence electrons. The van der Waals surface area contributed by atoms with Crippen molar-refractivity contribution in [3.8, 4) is 0 Å². The number of nitrogens with zero attached hydrogens (tertiary/aromatic N) is 2. The van der Waals surface area contributed by atoms with Gasteiger partial charge in [-0.1, -0.05) is 5.16 Å². The molecule has 6 heteroatoms. The van der Waals surface area contributed by atoms with Crippen molar-refractivity contribution in [2.75, 3.05) is 0 Å². The van der Waals surface area contributed by atoms with Crippen LogP contribution >= 0.6 is 0 Å². The maximum absolute atomic E-state index is 11.5. The molecule has 2 heterocycles. The summed E-state index contributed by atoms with van der Waals surface area (Å²) >= 11 is 0. The molecule has 0 bridgehead atoms. The average Bonchev–Trinajstić information content (AvgIpc) is 2.84. The van der Waals surface area contributed by atoms with Gasteiger partial charge in [0.15, 0.2) is 0 Å². The summed E-state index contributed by atoms with van der Waals surface area (Å²) in [4.78, 5) is 18.2. The van der Waals surface area contributed by atoms with Crippen molar-refractivity contribution in [3.63, 3.8) is 0 Å². The van der Waals surface area contributed by atoms with Crippen LogP contribution in [0.25, 0.3) is 0 Å². The highest BCUT2D eigenvalue weighted by molar-refractivity contribution is 5.91. The Kier molecular flexibility index (Phi) is 2.49. The largest absolute Gasteiger partial charge is 0.351 e. The second-order valence-electron chi connectivity index (χ2n) is 3.09. The summed E-state index contributed by atoms with van der Waals surface area (Å²) in [5.74, 6) is -0.0720. The summed E-state index contributed by atoms with van der Waals surface area (Å²) in [5, 5.41) is 6.30. The van der Waals surface area contributed by atoms with Gasteiger partial charge in [-0.25, -0.2) is 4.98 Å². The van der Waals surface area contributed by atoms with Crippen LogP contribution in [0.3, 0.4) is 0 Å². The molecule has 0 atom stereocenters. The predicted octanol–water partition coefficient (Wildman–Crippen LogP) is 0.636. The number of hydrogen-bond donors (Lipinski definition) is 2. The molecule has 1 amide bonds.